The third kappa shape index (κ3) is 2.57. The van der Waals surface area contributed by atoms with Gasteiger partial charge in [0.15, 0.2) is 0 Å². The first-order valence-electron chi connectivity index (χ1n) is 4.32. The smallest absolute Gasteiger partial charge is 0.0397 e. The largest absolute Gasteiger partial charge is 0.369 e. The molecule has 0 aromatic carbocycles. The van der Waals surface area contributed by atoms with Crippen LogP contribution in [0.4, 0.5) is 5.69 Å². The first kappa shape index (κ1) is 10.3. The fourth-order valence-electron chi connectivity index (χ4n) is 1.48. The van der Waals surface area contributed by atoms with Gasteiger partial charge in [-0.15, -0.1) is 12.4 Å². The molecular weight excluding hydrogens is 186 g/mol. The van der Waals surface area contributed by atoms with Crippen LogP contribution in [0.1, 0.15) is 0 Å². The van der Waals surface area contributed by atoms with Gasteiger partial charge in [0.05, 0.1) is 0 Å². The molecule has 1 N–H and O–H groups in total. The molecule has 0 spiro atoms. The zero-order valence-electron chi connectivity index (χ0n) is 7.44. The summed E-state index contributed by atoms with van der Waals surface area (Å²) in [6.07, 6.45) is 3.69. The number of pyridine rings is 1. The van der Waals surface area contributed by atoms with E-state index in [4.69, 9.17) is 0 Å². The zero-order valence-corrected chi connectivity index (χ0v) is 8.26. The van der Waals surface area contributed by atoms with Gasteiger partial charge >= 0.3 is 0 Å². The van der Waals surface area contributed by atoms with E-state index in [1.807, 2.05) is 12.4 Å². The number of nitrogens with one attached hydrogen (secondary N) is 1. The van der Waals surface area contributed by atoms with Gasteiger partial charge in [-0.2, -0.15) is 0 Å². The van der Waals surface area contributed by atoms with Gasteiger partial charge in [0.1, 0.15) is 0 Å². The molecule has 1 aromatic rings. The van der Waals surface area contributed by atoms with E-state index < -0.39 is 0 Å². The number of hydrogen-bond acceptors (Lipinski definition) is 3. The number of nitrogens with zero attached hydrogens (tertiary/aromatic N) is 2. The van der Waals surface area contributed by atoms with Crippen molar-refractivity contribution in [2.45, 2.75) is 0 Å². The van der Waals surface area contributed by atoms with E-state index in [1.165, 1.54) is 5.69 Å². The standard InChI is InChI=1S/C9H13N3.ClH/c1-3-10-4-2-9(1)12-7-5-11-6-8-12;/h1-4,11H,5-8H2;1H. The molecule has 0 radical (unpaired) electrons. The maximum absolute atomic E-state index is 4.00. The highest BCUT2D eigenvalue weighted by atomic mass is 35.5. The number of rotatable bonds is 1. The number of aromatic nitrogens is 1. The van der Waals surface area contributed by atoms with Gasteiger partial charge in [-0.25, -0.2) is 0 Å². The topological polar surface area (TPSA) is 28.2 Å². The van der Waals surface area contributed by atoms with E-state index in [0.29, 0.717) is 0 Å². The monoisotopic (exact) mass is 199 g/mol. The van der Waals surface area contributed by atoms with Gasteiger partial charge in [-0.1, -0.05) is 0 Å². The minimum absolute atomic E-state index is 0. The Labute approximate surface area is 84.6 Å². The summed E-state index contributed by atoms with van der Waals surface area (Å²) >= 11 is 0. The lowest BCUT2D eigenvalue weighted by molar-refractivity contribution is 0.589. The summed E-state index contributed by atoms with van der Waals surface area (Å²) in [6.45, 7) is 4.37. The molecule has 1 aliphatic heterocycles. The number of piperazine rings is 1. The average Bonchev–Trinajstić information content (AvgIpc) is 2.21. The normalized spacial score (nSPS) is 16.5. The van der Waals surface area contributed by atoms with Crippen molar-refractivity contribution < 1.29 is 0 Å². The third-order valence-corrected chi connectivity index (χ3v) is 2.14. The van der Waals surface area contributed by atoms with Crippen molar-refractivity contribution in [1.29, 1.82) is 0 Å². The second-order valence-corrected chi connectivity index (χ2v) is 2.94. The van der Waals surface area contributed by atoms with Crippen LogP contribution in [0.25, 0.3) is 0 Å². The molecule has 0 saturated carbocycles. The Kier molecular flexibility index (Phi) is 3.99. The summed E-state index contributed by atoms with van der Waals surface area (Å²) < 4.78 is 0. The third-order valence-electron chi connectivity index (χ3n) is 2.14. The van der Waals surface area contributed by atoms with Crippen LogP contribution in [-0.2, 0) is 0 Å². The van der Waals surface area contributed by atoms with Crippen LogP contribution in [0.15, 0.2) is 24.5 Å². The van der Waals surface area contributed by atoms with E-state index in [1.54, 1.807) is 0 Å². The molecule has 0 bridgehead atoms. The quantitative estimate of drug-likeness (QED) is 0.729. The molecule has 0 unspecified atom stereocenters. The molecule has 3 nitrogen and oxygen atoms in total. The predicted molar refractivity (Wildman–Crippen MR) is 56.6 cm³/mol. The van der Waals surface area contributed by atoms with Gasteiger partial charge in [-0.05, 0) is 12.1 Å². The summed E-state index contributed by atoms with van der Waals surface area (Å²) in [5.41, 5.74) is 1.28. The molecule has 1 aromatic heterocycles. The van der Waals surface area contributed by atoms with E-state index in [-0.39, 0.29) is 12.4 Å². The fourth-order valence-corrected chi connectivity index (χ4v) is 1.48. The van der Waals surface area contributed by atoms with Crippen molar-refractivity contribution in [3.63, 3.8) is 0 Å². The van der Waals surface area contributed by atoms with Crippen LogP contribution in [0.3, 0.4) is 0 Å². The first-order chi connectivity index (χ1) is 5.97. The fraction of sp³-hybridized carbons (Fsp3) is 0.444. The van der Waals surface area contributed by atoms with Crippen LogP contribution in [-0.4, -0.2) is 31.2 Å². The second kappa shape index (κ2) is 5.04. The molecular formula is C9H14ClN3. The minimum atomic E-state index is 0. The second-order valence-electron chi connectivity index (χ2n) is 2.94. The molecule has 1 saturated heterocycles. The number of hydrogen-bond donors (Lipinski definition) is 1. The minimum Gasteiger partial charge on any atom is -0.369 e. The van der Waals surface area contributed by atoms with Crippen molar-refractivity contribution in [2.75, 3.05) is 31.1 Å². The van der Waals surface area contributed by atoms with E-state index in [2.05, 4.69) is 27.3 Å². The Balaban J connectivity index is 0.000000845. The Bertz CT molecular complexity index is 234. The Morgan fingerprint density at radius 1 is 1.15 bits per heavy atom. The van der Waals surface area contributed by atoms with Crippen molar-refractivity contribution in [3.05, 3.63) is 24.5 Å². The van der Waals surface area contributed by atoms with E-state index in [0.717, 1.165) is 26.2 Å². The van der Waals surface area contributed by atoms with Crippen LogP contribution < -0.4 is 10.2 Å². The maximum Gasteiger partial charge on any atom is 0.0397 e. The van der Waals surface area contributed by atoms with Gasteiger partial charge in [-0.3, -0.25) is 4.98 Å². The molecule has 1 aliphatic rings. The molecule has 4 heteroatoms. The Morgan fingerprint density at radius 3 is 2.38 bits per heavy atom. The van der Waals surface area contributed by atoms with Crippen LogP contribution in [0, 0.1) is 0 Å². The molecule has 72 valence electrons. The lowest BCUT2D eigenvalue weighted by Gasteiger charge is -2.29. The van der Waals surface area contributed by atoms with Crippen LogP contribution >= 0.6 is 12.4 Å². The van der Waals surface area contributed by atoms with Crippen molar-refractivity contribution in [2.24, 2.45) is 0 Å². The molecule has 0 aliphatic carbocycles. The lowest BCUT2D eigenvalue weighted by Crippen LogP contribution is -2.43. The average molecular weight is 200 g/mol. The SMILES string of the molecule is Cl.c1cc(N2CCNCC2)ccn1. The van der Waals surface area contributed by atoms with Crippen molar-refractivity contribution >= 4 is 18.1 Å². The molecule has 2 rings (SSSR count). The molecule has 1 fully saturated rings. The highest BCUT2D eigenvalue weighted by Gasteiger charge is 2.08. The van der Waals surface area contributed by atoms with Gasteiger partial charge < -0.3 is 10.2 Å². The lowest BCUT2D eigenvalue weighted by atomic mass is 10.3. The summed E-state index contributed by atoms with van der Waals surface area (Å²) in [6, 6.07) is 4.12. The maximum atomic E-state index is 4.00. The van der Waals surface area contributed by atoms with Crippen molar-refractivity contribution in [3.8, 4) is 0 Å². The van der Waals surface area contributed by atoms with Gasteiger partial charge in [0.25, 0.3) is 0 Å². The summed E-state index contributed by atoms with van der Waals surface area (Å²) in [5, 5.41) is 3.33. The van der Waals surface area contributed by atoms with Crippen molar-refractivity contribution in [1.82, 2.24) is 10.3 Å². The Hall–Kier alpha value is -0.800. The highest BCUT2D eigenvalue weighted by molar-refractivity contribution is 5.85. The predicted octanol–water partition coefficient (Wildman–Crippen LogP) is 0.913. The molecule has 0 atom stereocenters. The number of halogens is 1. The van der Waals surface area contributed by atoms with Crippen LogP contribution in [0.5, 0.6) is 0 Å². The first-order valence-corrected chi connectivity index (χ1v) is 4.32. The zero-order chi connectivity index (χ0) is 8.23. The summed E-state index contributed by atoms with van der Waals surface area (Å²) in [4.78, 5) is 6.37. The molecule has 13 heavy (non-hydrogen) atoms. The highest BCUT2D eigenvalue weighted by Crippen LogP contribution is 2.11. The number of anilines is 1. The Morgan fingerprint density at radius 2 is 1.77 bits per heavy atom. The van der Waals surface area contributed by atoms with Crippen LogP contribution in [0.2, 0.25) is 0 Å². The summed E-state index contributed by atoms with van der Waals surface area (Å²) in [7, 11) is 0. The molecule has 0 amide bonds. The summed E-state index contributed by atoms with van der Waals surface area (Å²) in [5.74, 6) is 0. The van der Waals surface area contributed by atoms with E-state index >= 15 is 0 Å². The van der Waals surface area contributed by atoms with Gasteiger partial charge in [0.2, 0.25) is 0 Å². The van der Waals surface area contributed by atoms with Gasteiger partial charge in [0, 0.05) is 44.3 Å². The molecule has 2 heterocycles. The van der Waals surface area contributed by atoms with E-state index in [9.17, 15) is 0 Å².